The maximum absolute atomic E-state index is 14.7. The molecule has 4 rings (SSSR count). The number of amides is 1. The molecule has 0 radical (unpaired) electrons. The molecule has 2 atom stereocenters. The molecule has 1 aromatic carbocycles. The van der Waals surface area contributed by atoms with E-state index in [1.54, 1.807) is 0 Å². The summed E-state index contributed by atoms with van der Waals surface area (Å²) in [5.74, 6) is -6.46. The van der Waals surface area contributed by atoms with Crippen LogP contribution < -0.4 is 16.4 Å². The van der Waals surface area contributed by atoms with Crippen molar-refractivity contribution in [3.05, 3.63) is 77.2 Å². The fourth-order valence-electron chi connectivity index (χ4n) is 4.46. The molecule has 9 nitrogen and oxygen atoms in total. The van der Waals surface area contributed by atoms with Crippen LogP contribution in [0.3, 0.4) is 0 Å². The van der Waals surface area contributed by atoms with E-state index in [1.165, 1.54) is 35.9 Å². The molecule has 2 unspecified atom stereocenters. The smallest absolute Gasteiger partial charge is 0.418 e. The van der Waals surface area contributed by atoms with Crippen molar-refractivity contribution in [3.63, 3.8) is 0 Å². The van der Waals surface area contributed by atoms with Crippen LogP contribution in [0.1, 0.15) is 35.0 Å². The number of nitrogens with zero attached hydrogens (tertiary/aromatic N) is 3. The quantitative estimate of drug-likeness (QED) is 0.181. The molecule has 0 saturated carbocycles. The monoisotopic (exact) mass is 630 g/mol. The van der Waals surface area contributed by atoms with E-state index in [2.05, 4.69) is 9.97 Å². The number of aliphatic carboxylic acids is 1. The van der Waals surface area contributed by atoms with Crippen molar-refractivity contribution in [2.75, 3.05) is 11.1 Å². The number of imidazole rings is 1. The number of carbonyl (C=O) groups excluding carboxylic acids is 1. The van der Waals surface area contributed by atoms with Gasteiger partial charge in [0.15, 0.2) is 0 Å². The Morgan fingerprint density at radius 2 is 1.70 bits per heavy atom. The number of alkyl halides is 6. The predicted octanol–water partition coefficient (Wildman–Crippen LogP) is 5.45. The number of carboxylic acid groups (broad SMARTS) is 1. The van der Waals surface area contributed by atoms with E-state index >= 15 is 0 Å². The number of aromatic nitrogens is 3. The maximum Gasteiger partial charge on any atom is 0.418 e. The minimum Gasteiger partial charge on any atom is -0.480 e. The zero-order valence-corrected chi connectivity index (χ0v) is 22.4. The van der Waals surface area contributed by atoms with E-state index in [0.29, 0.717) is 12.1 Å². The molecule has 3 aromatic heterocycles. The Balaban J connectivity index is 1.63. The molecule has 0 aliphatic rings. The van der Waals surface area contributed by atoms with Crippen LogP contribution in [0.4, 0.5) is 46.6 Å². The maximum atomic E-state index is 14.7. The fourth-order valence-corrected chi connectivity index (χ4v) is 4.46. The van der Waals surface area contributed by atoms with Gasteiger partial charge in [-0.25, -0.2) is 23.5 Å². The number of hydrogen-bond acceptors (Lipinski definition) is 6. The number of halogens is 8. The average Bonchev–Trinajstić information content (AvgIpc) is 3.40. The average molecular weight is 630 g/mol. The molecular formula is C27H22F8N6O3. The van der Waals surface area contributed by atoms with Crippen molar-refractivity contribution in [1.82, 2.24) is 19.7 Å². The molecule has 0 bridgehead atoms. The lowest BCUT2D eigenvalue weighted by Gasteiger charge is -2.22. The Kier molecular flexibility index (Phi) is 8.69. The Labute approximate surface area is 242 Å². The predicted molar refractivity (Wildman–Crippen MR) is 141 cm³/mol. The molecule has 1 amide bonds. The zero-order valence-electron chi connectivity index (χ0n) is 22.4. The van der Waals surface area contributed by atoms with Gasteiger partial charge in [0.05, 0.1) is 11.3 Å². The molecular weight excluding hydrogens is 608 g/mol. The van der Waals surface area contributed by atoms with Gasteiger partial charge in [0, 0.05) is 35.8 Å². The number of benzene rings is 1. The molecule has 0 saturated heterocycles. The SMILES string of the molecule is CCC(Nc1cc(F)c(C(=O)NC(Cc2ccc(-c3nc(N)ccc3C(F)(F)F)c3nccn23)C(=O)O)c(F)c1)C(F)(F)F. The van der Waals surface area contributed by atoms with Crippen molar-refractivity contribution < 1.29 is 49.8 Å². The number of nitrogen functional groups attached to an aromatic ring is 1. The van der Waals surface area contributed by atoms with E-state index < -0.39 is 83.3 Å². The van der Waals surface area contributed by atoms with Crippen LogP contribution in [0.25, 0.3) is 16.9 Å². The largest absolute Gasteiger partial charge is 0.480 e. The summed E-state index contributed by atoms with van der Waals surface area (Å²) >= 11 is 0. The Morgan fingerprint density at radius 1 is 1.05 bits per heavy atom. The zero-order chi connectivity index (χ0) is 32.6. The Morgan fingerprint density at radius 3 is 2.27 bits per heavy atom. The summed E-state index contributed by atoms with van der Waals surface area (Å²) in [4.78, 5) is 32.6. The number of nitrogens with one attached hydrogen (secondary N) is 2. The van der Waals surface area contributed by atoms with Crippen molar-refractivity contribution in [1.29, 1.82) is 0 Å². The van der Waals surface area contributed by atoms with Crippen LogP contribution in [0, 0.1) is 11.6 Å². The molecule has 3 heterocycles. The van der Waals surface area contributed by atoms with Gasteiger partial charge in [-0.3, -0.25) is 4.79 Å². The number of nitrogens with two attached hydrogens (primary N) is 1. The van der Waals surface area contributed by atoms with Crippen molar-refractivity contribution in [3.8, 4) is 11.3 Å². The summed E-state index contributed by atoms with van der Waals surface area (Å²) in [7, 11) is 0. The van der Waals surface area contributed by atoms with Gasteiger partial charge in [-0.2, -0.15) is 26.3 Å². The first-order chi connectivity index (χ1) is 20.5. The highest BCUT2D eigenvalue weighted by molar-refractivity contribution is 5.97. The van der Waals surface area contributed by atoms with Crippen LogP contribution in [-0.2, 0) is 17.4 Å². The van der Waals surface area contributed by atoms with Gasteiger partial charge in [0.25, 0.3) is 5.91 Å². The summed E-state index contributed by atoms with van der Waals surface area (Å²) in [5.41, 5.74) is 2.10. The third-order valence-corrected chi connectivity index (χ3v) is 6.54. The molecule has 0 aliphatic heterocycles. The number of hydrogen-bond donors (Lipinski definition) is 4. The molecule has 234 valence electrons. The number of anilines is 2. The lowest BCUT2D eigenvalue weighted by molar-refractivity contribution is -0.143. The molecule has 0 aliphatic carbocycles. The second kappa shape index (κ2) is 12.0. The highest BCUT2D eigenvalue weighted by atomic mass is 19.4. The van der Waals surface area contributed by atoms with E-state index in [9.17, 15) is 49.8 Å². The number of pyridine rings is 2. The number of carboxylic acids is 1. The van der Waals surface area contributed by atoms with Crippen molar-refractivity contribution in [2.45, 2.75) is 44.2 Å². The highest BCUT2D eigenvalue weighted by Gasteiger charge is 2.39. The van der Waals surface area contributed by atoms with Gasteiger partial charge in [-0.1, -0.05) is 6.92 Å². The molecule has 0 spiro atoms. The topological polar surface area (TPSA) is 135 Å². The van der Waals surface area contributed by atoms with Crippen LogP contribution in [0.5, 0.6) is 0 Å². The van der Waals surface area contributed by atoms with E-state index in [1.807, 2.05) is 10.6 Å². The van der Waals surface area contributed by atoms with Crippen molar-refractivity contribution in [2.24, 2.45) is 0 Å². The van der Waals surface area contributed by atoms with E-state index in [-0.39, 0.29) is 22.7 Å². The first kappa shape index (κ1) is 32.0. The van der Waals surface area contributed by atoms with Crippen LogP contribution in [-0.4, -0.2) is 49.6 Å². The number of fused-ring (bicyclic) bond motifs is 1. The van der Waals surface area contributed by atoms with E-state index in [0.717, 1.165) is 12.1 Å². The summed E-state index contributed by atoms with van der Waals surface area (Å²) in [6, 6.07) is 1.17. The second-order valence-corrected chi connectivity index (χ2v) is 9.52. The molecule has 0 fully saturated rings. The fraction of sp³-hybridized carbons (Fsp3) is 0.259. The van der Waals surface area contributed by atoms with Crippen molar-refractivity contribution >= 4 is 29.0 Å². The lowest BCUT2D eigenvalue weighted by Crippen LogP contribution is -2.43. The highest BCUT2D eigenvalue weighted by Crippen LogP contribution is 2.38. The summed E-state index contributed by atoms with van der Waals surface area (Å²) in [6.45, 7) is 1.20. The second-order valence-electron chi connectivity index (χ2n) is 9.52. The number of carbonyl (C=O) groups is 2. The standard InChI is InChI=1S/C27H22F8N6O3/c1-2-19(27(33,34)35)38-12-9-16(28)21(17(29)10-12)24(42)39-18(25(43)44)11-13-3-4-14(23-37-7-8-41(13)23)22-15(26(30,31)32)5-6-20(36)40-22/h3-10,18-19,38H,2,11H2,1H3,(H2,36,40)(H,39,42)(H,43,44). The van der Waals surface area contributed by atoms with Crippen LogP contribution in [0.2, 0.25) is 0 Å². The Hall–Kier alpha value is -4.96. The van der Waals surface area contributed by atoms with Crippen LogP contribution >= 0.6 is 0 Å². The third kappa shape index (κ3) is 6.65. The minimum absolute atomic E-state index is 0.0639. The summed E-state index contributed by atoms with van der Waals surface area (Å²) < 4.78 is 111. The minimum atomic E-state index is -4.80. The van der Waals surface area contributed by atoms with Gasteiger partial charge in [0.1, 0.15) is 40.7 Å². The summed E-state index contributed by atoms with van der Waals surface area (Å²) in [5, 5.41) is 13.6. The first-order valence-electron chi connectivity index (χ1n) is 12.7. The Bertz CT molecular complexity index is 1700. The molecule has 4 aromatic rings. The van der Waals surface area contributed by atoms with Gasteiger partial charge in [-0.05, 0) is 42.8 Å². The molecule has 44 heavy (non-hydrogen) atoms. The van der Waals surface area contributed by atoms with E-state index in [4.69, 9.17) is 5.73 Å². The molecule has 5 N–H and O–H groups in total. The van der Waals surface area contributed by atoms with Gasteiger partial charge >= 0.3 is 18.3 Å². The van der Waals surface area contributed by atoms with Gasteiger partial charge in [0.2, 0.25) is 0 Å². The van der Waals surface area contributed by atoms with Gasteiger partial charge < -0.3 is 25.9 Å². The molecule has 17 heteroatoms. The normalized spacial score (nSPS) is 13.5. The third-order valence-electron chi connectivity index (χ3n) is 6.54. The summed E-state index contributed by atoms with van der Waals surface area (Å²) in [6.07, 6.45) is -7.98. The first-order valence-corrected chi connectivity index (χ1v) is 12.7. The number of rotatable bonds is 9. The van der Waals surface area contributed by atoms with Crippen LogP contribution in [0.15, 0.2) is 48.8 Å². The van der Waals surface area contributed by atoms with Gasteiger partial charge in [-0.15, -0.1) is 0 Å². The lowest BCUT2D eigenvalue weighted by atomic mass is 10.0.